The number of nitrogens with zero attached hydrogens (tertiary/aromatic N) is 5. The van der Waals surface area contributed by atoms with Gasteiger partial charge in [0.1, 0.15) is 18.2 Å². The number of nitriles is 1. The molecule has 0 spiro atoms. The first-order valence-electron chi connectivity index (χ1n) is 12.5. The summed E-state index contributed by atoms with van der Waals surface area (Å²) < 4.78 is 0. The number of carbonyl (C=O) groups excluding carboxylic acids is 1. The molecular weight excluding hydrogens is 458 g/mol. The summed E-state index contributed by atoms with van der Waals surface area (Å²) in [6, 6.07) is 20.6. The van der Waals surface area contributed by atoms with Crippen molar-refractivity contribution in [2.45, 2.75) is 32.1 Å². The zero-order valence-corrected chi connectivity index (χ0v) is 20.7. The van der Waals surface area contributed by atoms with E-state index in [9.17, 15) is 10.1 Å². The van der Waals surface area contributed by atoms with Gasteiger partial charge in [0.15, 0.2) is 5.78 Å². The molecule has 0 fully saturated rings. The average molecular weight is 484 g/mol. The van der Waals surface area contributed by atoms with Gasteiger partial charge in [-0.3, -0.25) is 4.79 Å². The number of hydrogen-bond acceptors (Lipinski definition) is 6. The average Bonchev–Trinajstić information content (AvgIpc) is 2.95. The Kier molecular flexibility index (Phi) is 5.49. The van der Waals surface area contributed by atoms with Crippen molar-refractivity contribution in [3.05, 3.63) is 108 Å². The Hall–Kier alpha value is -4.50. The molecule has 3 atom stereocenters. The summed E-state index contributed by atoms with van der Waals surface area (Å²) in [4.78, 5) is 31.3. The molecular formula is C31H25N5O. The van der Waals surface area contributed by atoms with Gasteiger partial charge in [-0.15, -0.1) is 0 Å². The Morgan fingerprint density at radius 2 is 1.65 bits per heavy atom. The van der Waals surface area contributed by atoms with E-state index in [1.165, 1.54) is 6.33 Å². The SMILES string of the molecule is Cc1nc(-c2ccc(-c3cncnc3)cc2)c2c(n1)[C@@]1(c3ccccc3)C=C(C#N)C(=O)[C@@H](C)[C@@H]1CC2. The molecule has 6 heteroatoms. The summed E-state index contributed by atoms with van der Waals surface area (Å²) in [5, 5.41) is 9.91. The summed E-state index contributed by atoms with van der Waals surface area (Å²) in [7, 11) is 0. The first-order valence-corrected chi connectivity index (χ1v) is 12.5. The standard InChI is InChI=1S/C31H25N5O/c1-19-27-13-12-26-28(22-10-8-21(9-11-22)24-16-33-18-34-17-24)35-20(2)36-30(26)31(27,14-23(15-32)29(19)37)25-6-4-3-5-7-25/h3-11,14,16-19,27H,12-13H2,1-2H3/t19-,27-,31+/m0/s1. The number of aromatic nitrogens is 4. The molecule has 2 aliphatic rings. The van der Waals surface area contributed by atoms with E-state index in [2.05, 4.69) is 52.4 Å². The van der Waals surface area contributed by atoms with E-state index >= 15 is 0 Å². The molecule has 6 nitrogen and oxygen atoms in total. The first-order chi connectivity index (χ1) is 18.0. The quantitative estimate of drug-likeness (QED) is 0.386. The van der Waals surface area contributed by atoms with E-state index in [1.54, 1.807) is 12.4 Å². The second kappa shape index (κ2) is 8.86. The van der Waals surface area contributed by atoms with Gasteiger partial charge in [-0.2, -0.15) is 5.26 Å². The van der Waals surface area contributed by atoms with Crippen molar-refractivity contribution in [1.82, 2.24) is 19.9 Å². The summed E-state index contributed by atoms with van der Waals surface area (Å²) >= 11 is 0. The van der Waals surface area contributed by atoms with Crippen LogP contribution in [0.5, 0.6) is 0 Å². The van der Waals surface area contributed by atoms with Gasteiger partial charge in [-0.1, -0.05) is 61.5 Å². The number of aryl methyl sites for hydroxylation is 1. The molecule has 0 saturated heterocycles. The van der Waals surface area contributed by atoms with Crippen molar-refractivity contribution < 1.29 is 4.79 Å². The van der Waals surface area contributed by atoms with Crippen LogP contribution in [0.2, 0.25) is 0 Å². The normalized spacial score (nSPS) is 22.4. The highest BCUT2D eigenvalue weighted by Gasteiger charge is 2.53. The monoisotopic (exact) mass is 483 g/mol. The highest BCUT2D eigenvalue weighted by Crippen LogP contribution is 2.54. The van der Waals surface area contributed by atoms with Gasteiger partial charge in [0.05, 0.1) is 22.4 Å². The highest BCUT2D eigenvalue weighted by molar-refractivity contribution is 6.02. The van der Waals surface area contributed by atoms with Crippen LogP contribution in [-0.4, -0.2) is 25.7 Å². The second-order valence-corrected chi connectivity index (χ2v) is 9.85. The van der Waals surface area contributed by atoms with Crippen molar-refractivity contribution in [2.75, 3.05) is 0 Å². The lowest BCUT2D eigenvalue weighted by atomic mass is 9.54. The largest absolute Gasteiger partial charge is 0.293 e. The molecule has 0 radical (unpaired) electrons. The third-order valence-corrected chi connectivity index (χ3v) is 7.88. The van der Waals surface area contributed by atoms with Gasteiger partial charge < -0.3 is 0 Å². The third kappa shape index (κ3) is 3.58. The van der Waals surface area contributed by atoms with Crippen LogP contribution in [0, 0.1) is 30.1 Å². The van der Waals surface area contributed by atoms with Crippen molar-refractivity contribution >= 4 is 5.78 Å². The van der Waals surface area contributed by atoms with E-state index < -0.39 is 5.41 Å². The number of Topliss-reactive ketones (excluding diaryl/α,β-unsaturated/α-hetero) is 1. The predicted molar refractivity (Wildman–Crippen MR) is 140 cm³/mol. The van der Waals surface area contributed by atoms with Crippen LogP contribution in [0.3, 0.4) is 0 Å². The minimum atomic E-state index is -0.670. The lowest BCUT2D eigenvalue weighted by Gasteiger charge is -2.48. The smallest absolute Gasteiger partial charge is 0.176 e. The fourth-order valence-corrected chi connectivity index (χ4v) is 6.17. The molecule has 0 saturated carbocycles. The Labute approximate surface area is 215 Å². The zero-order valence-electron chi connectivity index (χ0n) is 20.7. The minimum absolute atomic E-state index is 0.00890. The Morgan fingerprint density at radius 3 is 2.35 bits per heavy atom. The Morgan fingerprint density at radius 1 is 0.946 bits per heavy atom. The molecule has 0 aliphatic heterocycles. The van der Waals surface area contributed by atoms with Gasteiger partial charge in [-0.25, -0.2) is 19.9 Å². The molecule has 0 amide bonds. The second-order valence-electron chi connectivity index (χ2n) is 9.85. The predicted octanol–water partition coefficient (Wildman–Crippen LogP) is 5.43. The number of fused-ring (bicyclic) bond motifs is 3. The van der Waals surface area contributed by atoms with Crippen LogP contribution in [0.25, 0.3) is 22.4 Å². The fourth-order valence-electron chi connectivity index (χ4n) is 6.17. The molecule has 37 heavy (non-hydrogen) atoms. The van der Waals surface area contributed by atoms with Crippen molar-refractivity contribution in [1.29, 1.82) is 5.26 Å². The van der Waals surface area contributed by atoms with E-state index in [-0.39, 0.29) is 23.2 Å². The van der Waals surface area contributed by atoms with Crippen molar-refractivity contribution in [2.24, 2.45) is 11.8 Å². The number of ketones is 1. The molecule has 0 N–H and O–H groups in total. The van der Waals surface area contributed by atoms with E-state index in [1.807, 2.05) is 38.1 Å². The van der Waals surface area contributed by atoms with Gasteiger partial charge in [0.25, 0.3) is 0 Å². The summed E-state index contributed by atoms with van der Waals surface area (Å²) in [6.45, 7) is 3.87. The molecule has 2 aromatic carbocycles. The Bertz CT molecular complexity index is 1570. The molecule has 6 rings (SSSR count). The maximum atomic E-state index is 13.1. The van der Waals surface area contributed by atoms with Crippen LogP contribution in [-0.2, 0) is 16.6 Å². The molecule has 2 aliphatic carbocycles. The Balaban J connectivity index is 1.58. The molecule has 2 aromatic heterocycles. The number of carbonyl (C=O) groups is 1. The van der Waals surface area contributed by atoms with Gasteiger partial charge in [-0.05, 0) is 42.9 Å². The number of allylic oxidation sites excluding steroid dienone is 2. The van der Waals surface area contributed by atoms with E-state index in [0.29, 0.717) is 5.82 Å². The minimum Gasteiger partial charge on any atom is -0.293 e. The summed E-state index contributed by atoms with van der Waals surface area (Å²) in [6.07, 6.45) is 8.59. The topological polar surface area (TPSA) is 92.4 Å². The van der Waals surface area contributed by atoms with Crippen molar-refractivity contribution in [3.63, 3.8) is 0 Å². The maximum Gasteiger partial charge on any atom is 0.176 e. The lowest BCUT2D eigenvalue weighted by Crippen LogP contribution is -2.48. The summed E-state index contributed by atoms with van der Waals surface area (Å²) in [5.41, 5.74) is 6.49. The van der Waals surface area contributed by atoms with Gasteiger partial charge in [0, 0.05) is 35.0 Å². The molecule has 180 valence electrons. The van der Waals surface area contributed by atoms with Crippen LogP contribution in [0.4, 0.5) is 0 Å². The molecule has 2 heterocycles. The van der Waals surface area contributed by atoms with Crippen LogP contribution in [0.1, 0.15) is 36.0 Å². The van der Waals surface area contributed by atoms with Crippen LogP contribution in [0.15, 0.2) is 85.0 Å². The lowest BCUT2D eigenvalue weighted by molar-refractivity contribution is -0.121. The summed E-state index contributed by atoms with van der Waals surface area (Å²) in [5.74, 6) is 0.324. The van der Waals surface area contributed by atoms with Gasteiger partial charge in [0.2, 0.25) is 0 Å². The number of hydrogen-bond donors (Lipinski definition) is 0. The molecule has 4 aromatic rings. The zero-order chi connectivity index (χ0) is 25.6. The molecule has 0 bridgehead atoms. The maximum absolute atomic E-state index is 13.1. The van der Waals surface area contributed by atoms with Crippen LogP contribution < -0.4 is 0 Å². The fraction of sp³-hybridized carbons (Fsp3) is 0.226. The number of benzene rings is 2. The van der Waals surface area contributed by atoms with Gasteiger partial charge >= 0.3 is 0 Å². The highest BCUT2D eigenvalue weighted by atomic mass is 16.1. The van der Waals surface area contributed by atoms with E-state index in [0.717, 1.165) is 52.0 Å². The third-order valence-electron chi connectivity index (χ3n) is 7.88. The van der Waals surface area contributed by atoms with E-state index in [4.69, 9.17) is 9.97 Å². The number of rotatable bonds is 3. The first kappa shape index (κ1) is 22.9. The van der Waals surface area contributed by atoms with Crippen molar-refractivity contribution in [3.8, 4) is 28.5 Å². The molecule has 0 unspecified atom stereocenters. The van der Waals surface area contributed by atoms with Crippen LogP contribution >= 0.6 is 0 Å².